The molecule has 0 aliphatic rings. The lowest BCUT2D eigenvalue weighted by Crippen LogP contribution is -2.35. The zero-order valence-electron chi connectivity index (χ0n) is 8.26. The fraction of sp³-hybridized carbons (Fsp3) is 1.00. The van der Waals surface area contributed by atoms with E-state index in [9.17, 15) is 14.2 Å². The van der Waals surface area contributed by atoms with Gasteiger partial charge in [0.15, 0.2) is 5.40 Å². The van der Waals surface area contributed by atoms with Crippen molar-refractivity contribution >= 4 is 15.2 Å². The fourth-order valence-corrected chi connectivity index (χ4v) is 3.77. The number of aliphatic hydroxyl groups excluding tert-OH is 1. The summed E-state index contributed by atoms with van der Waals surface area (Å²) < 4.78 is 21.6. The van der Waals surface area contributed by atoms with Gasteiger partial charge in [0.25, 0.3) is 0 Å². The summed E-state index contributed by atoms with van der Waals surface area (Å²) in [7, 11) is -7.10. The number of hydrogen-bond donors (Lipinski definition) is 5. The van der Waals surface area contributed by atoms with Gasteiger partial charge in [0.1, 0.15) is 0 Å². The topological polar surface area (TPSA) is 139 Å². The van der Waals surface area contributed by atoms with Crippen molar-refractivity contribution in [3.8, 4) is 0 Å². The van der Waals surface area contributed by atoms with E-state index in [1.807, 2.05) is 0 Å². The van der Waals surface area contributed by atoms with Gasteiger partial charge in [-0.1, -0.05) is 0 Å². The highest BCUT2D eigenvalue weighted by Gasteiger charge is 2.48. The molecule has 0 aromatic rings. The quantitative estimate of drug-likeness (QED) is 0.381. The summed E-state index contributed by atoms with van der Waals surface area (Å²) in [5.41, 5.74) is 0. The highest BCUT2D eigenvalue weighted by Crippen LogP contribution is 2.61. The minimum atomic E-state index is -5.05. The maximum absolute atomic E-state index is 10.8. The largest absolute Gasteiger partial charge is 0.390 e. The van der Waals surface area contributed by atoms with Gasteiger partial charge in [-0.25, -0.2) is 0 Å². The first-order valence-electron chi connectivity index (χ1n) is 3.89. The standard InChI is InChI=1S/C5H15NO7P2/c1-6(2)3-4(7)5(14(8,9)10)15(11,12)13/h4-5,7H,3H2,1-2H3,(H2,8,9,10)(H2,11,12,13). The van der Waals surface area contributed by atoms with Crippen LogP contribution in [0.5, 0.6) is 0 Å². The monoisotopic (exact) mass is 263 g/mol. The molecule has 0 radical (unpaired) electrons. The van der Waals surface area contributed by atoms with E-state index in [0.717, 1.165) is 0 Å². The van der Waals surface area contributed by atoms with Crippen LogP contribution in [-0.4, -0.2) is 61.7 Å². The van der Waals surface area contributed by atoms with Gasteiger partial charge in [-0.2, -0.15) is 0 Å². The van der Waals surface area contributed by atoms with E-state index in [1.54, 1.807) is 0 Å². The lowest BCUT2D eigenvalue weighted by Gasteiger charge is -2.26. The smallest absolute Gasteiger partial charge is 0.343 e. The molecule has 0 fully saturated rings. The molecule has 0 amide bonds. The van der Waals surface area contributed by atoms with Gasteiger partial charge < -0.3 is 29.6 Å². The van der Waals surface area contributed by atoms with Gasteiger partial charge in [0.05, 0.1) is 6.10 Å². The van der Waals surface area contributed by atoms with Crippen LogP contribution in [0.1, 0.15) is 0 Å². The first kappa shape index (κ1) is 15.2. The van der Waals surface area contributed by atoms with E-state index >= 15 is 0 Å². The Bertz CT molecular complexity index is 272. The van der Waals surface area contributed by atoms with Gasteiger partial charge in [-0.3, -0.25) is 9.13 Å². The van der Waals surface area contributed by atoms with Crippen molar-refractivity contribution in [1.29, 1.82) is 0 Å². The molecule has 8 nitrogen and oxygen atoms in total. The minimum Gasteiger partial charge on any atom is -0.390 e. The highest BCUT2D eigenvalue weighted by molar-refractivity contribution is 7.71. The molecule has 0 rings (SSSR count). The van der Waals surface area contributed by atoms with E-state index < -0.39 is 26.7 Å². The van der Waals surface area contributed by atoms with Crippen LogP contribution < -0.4 is 0 Å². The first-order chi connectivity index (χ1) is 6.46. The Kier molecular flexibility index (Phi) is 5.11. The Hall–Kier alpha value is 0.220. The first-order valence-corrected chi connectivity index (χ1v) is 7.26. The SMILES string of the molecule is CN(C)CC(O)C(P(=O)(O)O)P(=O)(O)O. The molecule has 1 unspecified atom stereocenters. The van der Waals surface area contributed by atoms with E-state index in [4.69, 9.17) is 19.6 Å². The van der Waals surface area contributed by atoms with Crippen LogP contribution in [0, 0.1) is 0 Å². The second-order valence-corrected chi connectivity index (χ2v) is 7.30. The number of likely N-dealkylation sites (N-methyl/N-ethyl adjacent to an activating group) is 1. The third kappa shape index (κ3) is 5.19. The molecule has 10 heteroatoms. The van der Waals surface area contributed by atoms with Crippen LogP contribution in [0.25, 0.3) is 0 Å². The van der Waals surface area contributed by atoms with Gasteiger partial charge >= 0.3 is 15.2 Å². The molecule has 1 atom stereocenters. The molecule has 0 bridgehead atoms. The van der Waals surface area contributed by atoms with Crippen LogP contribution >= 0.6 is 15.2 Å². The van der Waals surface area contributed by atoms with Gasteiger partial charge in [0, 0.05) is 6.54 Å². The predicted molar refractivity (Wildman–Crippen MR) is 52.4 cm³/mol. The van der Waals surface area contributed by atoms with Crippen molar-refractivity contribution < 1.29 is 33.8 Å². The van der Waals surface area contributed by atoms with Crippen LogP contribution in [0.2, 0.25) is 0 Å². The molecule has 0 saturated carbocycles. The molecule has 0 saturated heterocycles. The van der Waals surface area contributed by atoms with Gasteiger partial charge in [-0.15, -0.1) is 0 Å². The summed E-state index contributed by atoms with van der Waals surface area (Å²) in [6.45, 7) is -0.249. The molecule has 0 aromatic heterocycles. The molecule has 0 aliphatic heterocycles. The third-order valence-electron chi connectivity index (χ3n) is 1.59. The van der Waals surface area contributed by atoms with E-state index in [-0.39, 0.29) is 6.54 Å². The number of rotatable bonds is 5. The Balaban J connectivity index is 4.98. The molecule has 5 N–H and O–H groups in total. The van der Waals surface area contributed by atoms with Crippen LogP contribution in [0.15, 0.2) is 0 Å². The number of nitrogens with zero attached hydrogens (tertiary/aromatic N) is 1. The molecule has 0 aromatic carbocycles. The molecule has 15 heavy (non-hydrogen) atoms. The fourth-order valence-electron chi connectivity index (χ4n) is 1.11. The number of aliphatic hydroxyl groups is 1. The predicted octanol–water partition coefficient (Wildman–Crippen LogP) is -1.41. The lowest BCUT2D eigenvalue weighted by molar-refractivity contribution is 0.133. The normalized spacial score (nSPS) is 16.1. The summed E-state index contributed by atoms with van der Waals surface area (Å²) in [6, 6.07) is 0. The van der Waals surface area contributed by atoms with Crippen molar-refractivity contribution in [3.63, 3.8) is 0 Å². The van der Waals surface area contributed by atoms with Crippen LogP contribution in [-0.2, 0) is 9.13 Å². The van der Waals surface area contributed by atoms with Crippen molar-refractivity contribution in [2.75, 3.05) is 20.6 Å². The zero-order valence-corrected chi connectivity index (χ0v) is 10.0. The summed E-state index contributed by atoms with van der Waals surface area (Å²) in [5, 5.41) is 6.96. The number of hydrogen-bond acceptors (Lipinski definition) is 4. The minimum absolute atomic E-state index is 0.249. The molecule has 0 spiro atoms. The summed E-state index contributed by atoms with van der Waals surface area (Å²) in [5.74, 6) is 0. The zero-order chi connectivity index (χ0) is 12.4. The third-order valence-corrected chi connectivity index (χ3v) is 5.46. The van der Waals surface area contributed by atoms with Crippen molar-refractivity contribution in [1.82, 2.24) is 4.90 Å². The van der Waals surface area contributed by atoms with E-state index in [2.05, 4.69) is 0 Å². The van der Waals surface area contributed by atoms with Crippen molar-refractivity contribution in [2.24, 2.45) is 0 Å². The highest BCUT2D eigenvalue weighted by atomic mass is 31.2. The van der Waals surface area contributed by atoms with E-state index in [1.165, 1.54) is 19.0 Å². The molecule has 92 valence electrons. The van der Waals surface area contributed by atoms with Crippen LogP contribution in [0.4, 0.5) is 0 Å². The average molecular weight is 263 g/mol. The Labute approximate surface area is 86.9 Å². The maximum Gasteiger partial charge on any atom is 0.343 e. The summed E-state index contributed by atoms with van der Waals surface area (Å²) in [4.78, 5) is 36.3. The Morgan fingerprint density at radius 1 is 1.07 bits per heavy atom. The molecular formula is C5H15NO7P2. The molecule has 0 heterocycles. The molecule has 0 aliphatic carbocycles. The van der Waals surface area contributed by atoms with E-state index in [0.29, 0.717) is 0 Å². The Morgan fingerprint density at radius 3 is 1.60 bits per heavy atom. The summed E-state index contributed by atoms with van der Waals surface area (Å²) >= 11 is 0. The maximum atomic E-state index is 10.8. The average Bonchev–Trinajstić information content (AvgIpc) is 1.74. The van der Waals surface area contributed by atoms with Gasteiger partial charge in [-0.05, 0) is 14.1 Å². The summed E-state index contributed by atoms with van der Waals surface area (Å²) in [6.07, 6.45) is -1.79. The molecular weight excluding hydrogens is 248 g/mol. The van der Waals surface area contributed by atoms with Crippen LogP contribution in [0.3, 0.4) is 0 Å². The lowest BCUT2D eigenvalue weighted by atomic mass is 10.4. The van der Waals surface area contributed by atoms with Crippen molar-refractivity contribution in [3.05, 3.63) is 0 Å². The van der Waals surface area contributed by atoms with Gasteiger partial charge in [0.2, 0.25) is 0 Å². The Morgan fingerprint density at radius 2 is 1.40 bits per heavy atom. The second-order valence-electron chi connectivity index (χ2n) is 3.42. The van der Waals surface area contributed by atoms with Crippen molar-refractivity contribution in [2.45, 2.75) is 11.5 Å². The second kappa shape index (κ2) is 5.03.